The van der Waals surface area contributed by atoms with Gasteiger partial charge in [-0.05, 0) is 57.8 Å². The Kier molecular flexibility index (Phi) is 5.08. The second-order valence-corrected chi connectivity index (χ2v) is 11.0. The minimum absolute atomic E-state index is 0.0217. The molecule has 1 N–H and O–H groups in total. The normalized spacial score (nSPS) is 28.2. The van der Waals surface area contributed by atoms with Crippen molar-refractivity contribution in [3.05, 3.63) is 64.5 Å². The third kappa shape index (κ3) is 5.44. The van der Waals surface area contributed by atoms with E-state index >= 15 is 4.39 Å². The van der Waals surface area contributed by atoms with Crippen LogP contribution in [0, 0.1) is 5.82 Å². The third-order valence-corrected chi connectivity index (χ3v) is 6.54. The fourth-order valence-corrected chi connectivity index (χ4v) is 5.43. The number of morpholine rings is 1. The second kappa shape index (κ2) is 9.78. The van der Waals surface area contributed by atoms with Crippen LogP contribution in [0.5, 0.6) is 5.75 Å². The summed E-state index contributed by atoms with van der Waals surface area (Å²) in [5, 5.41) is 1.79. The van der Waals surface area contributed by atoms with Crippen molar-refractivity contribution in [2.45, 2.75) is 77.3 Å². The van der Waals surface area contributed by atoms with Crippen molar-refractivity contribution in [3.63, 3.8) is 0 Å². The molecule has 38 heavy (non-hydrogen) atoms. The number of amides is 3. The molecule has 9 heteroatoms. The number of nitrogens with zero attached hydrogens (tertiary/aromatic N) is 2. The Morgan fingerprint density at radius 2 is 1.89 bits per heavy atom. The molecule has 1 atom stereocenters. The molecule has 0 saturated carbocycles. The van der Waals surface area contributed by atoms with E-state index in [1.807, 2.05) is 27.7 Å². The SMILES string of the molecule is [2H]C([2H])(Oc1cccc2c1CN(C1C(=O)NC(=O)C([2H])([2H])C1([2H])[2H])C2=O)c1ccc(CN2CC(C)(C)OC(C)(C)C2)cc1F. The summed E-state index contributed by atoms with van der Waals surface area (Å²) in [6, 6.07) is 6.32. The fourth-order valence-electron chi connectivity index (χ4n) is 5.43. The summed E-state index contributed by atoms with van der Waals surface area (Å²) in [7, 11) is 0. The summed E-state index contributed by atoms with van der Waals surface area (Å²) in [4.78, 5) is 40.9. The van der Waals surface area contributed by atoms with E-state index in [1.165, 1.54) is 30.3 Å². The number of carbonyl (C=O) groups is 3. The number of imide groups is 1. The Hall–Kier alpha value is -3.30. The van der Waals surface area contributed by atoms with Gasteiger partial charge in [-0.3, -0.25) is 24.6 Å². The number of benzene rings is 2. The molecular weight excluding hydrogens is 489 g/mol. The molecule has 2 aromatic rings. The van der Waals surface area contributed by atoms with E-state index in [-0.39, 0.29) is 22.4 Å². The van der Waals surface area contributed by atoms with Gasteiger partial charge in [-0.1, -0.05) is 18.2 Å². The smallest absolute Gasteiger partial charge is 0.255 e. The first-order chi connectivity index (χ1) is 20.2. The quantitative estimate of drug-likeness (QED) is 0.576. The molecule has 3 amide bonds. The average molecular weight is 530 g/mol. The number of hydrogen-bond acceptors (Lipinski definition) is 6. The van der Waals surface area contributed by atoms with Crippen LogP contribution < -0.4 is 10.1 Å². The van der Waals surface area contributed by atoms with Crippen LogP contribution in [0.2, 0.25) is 0 Å². The van der Waals surface area contributed by atoms with Crippen molar-refractivity contribution < 1.29 is 36.5 Å². The lowest BCUT2D eigenvalue weighted by Crippen LogP contribution is -2.56. The maximum absolute atomic E-state index is 15.4. The van der Waals surface area contributed by atoms with Crippen LogP contribution in [0.1, 0.15) is 75.7 Å². The van der Waals surface area contributed by atoms with Crippen molar-refractivity contribution in [2.24, 2.45) is 0 Å². The van der Waals surface area contributed by atoms with Gasteiger partial charge >= 0.3 is 0 Å². The summed E-state index contributed by atoms with van der Waals surface area (Å²) in [6.07, 6.45) is -6.19. The molecule has 2 saturated heterocycles. The number of nitrogens with one attached hydrogen (secondary N) is 1. The van der Waals surface area contributed by atoms with Gasteiger partial charge in [-0.25, -0.2) is 4.39 Å². The zero-order chi connectivity index (χ0) is 32.6. The predicted octanol–water partition coefficient (Wildman–Crippen LogP) is 3.56. The standard InChI is InChI=1S/C29H34FN3O5/c1-28(2)16-32(17-29(3,4)38-28)13-18-8-9-19(22(30)12-18)15-37-24-7-5-6-20-21(24)14-33(27(20)36)23-10-11-25(34)31-26(23)35/h5-9,12,23H,10-11,13-17H2,1-4H3,(H,31,34,35)/i10D2,11D2,15D2. The molecule has 0 bridgehead atoms. The molecule has 0 spiro atoms. The highest BCUT2D eigenvalue weighted by atomic mass is 19.1. The molecule has 3 aliphatic heterocycles. The van der Waals surface area contributed by atoms with E-state index < -0.39 is 66.6 Å². The molecular formula is C29H34FN3O5. The van der Waals surface area contributed by atoms with Gasteiger partial charge in [0.25, 0.3) is 5.91 Å². The molecule has 0 aliphatic carbocycles. The Morgan fingerprint density at radius 3 is 2.61 bits per heavy atom. The summed E-state index contributed by atoms with van der Waals surface area (Å²) >= 11 is 0. The zero-order valence-electron chi connectivity index (χ0n) is 27.7. The summed E-state index contributed by atoms with van der Waals surface area (Å²) < 4.78 is 76.6. The minimum Gasteiger partial charge on any atom is -0.488 e. The van der Waals surface area contributed by atoms with Gasteiger partial charge in [0, 0.05) is 48.2 Å². The highest BCUT2D eigenvalue weighted by Crippen LogP contribution is 2.34. The van der Waals surface area contributed by atoms with Crippen LogP contribution in [-0.4, -0.2) is 57.9 Å². The molecule has 8 nitrogen and oxygen atoms in total. The first-order valence-corrected chi connectivity index (χ1v) is 12.3. The van der Waals surface area contributed by atoms with Crippen LogP contribution in [0.25, 0.3) is 0 Å². The van der Waals surface area contributed by atoms with Gasteiger partial charge in [0.1, 0.15) is 24.2 Å². The van der Waals surface area contributed by atoms with Crippen LogP contribution in [0.4, 0.5) is 4.39 Å². The van der Waals surface area contributed by atoms with Gasteiger partial charge in [-0.2, -0.15) is 0 Å². The Morgan fingerprint density at radius 1 is 1.16 bits per heavy atom. The Labute approximate surface area is 230 Å². The highest BCUT2D eigenvalue weighted by molar-refractivity contribution is 6.05. The summed E-state index contributed by atoms with van der Waals surface area (Å²) in [5.74, 6) is -4.43. The van der Waals surface area contributed by atoms with Gasteiger partial charge < -0.3 is 14.4 Å². The first-order valence-electron chi connectivity index (χ1n) is 15.3. The third-order valence-electron chi connectivity index (χ3n) is 6.54. The molecule has 2 fully saturated rings. The van der Waals surface area contributed by atoms with E-state index in [4.69, 9.17) is 17.7 Å². The number of fused-ring (bicyclic) bond motifs is 1. The maximum atomic E-state index is 15.4. The first kappa shape index (κ1) is 19.7. The Bertz CT molecular complexity index is 1530. The minimum atomic E-state index is -3.12. The van der Waals surface area contributed by atoms with Crippen molar-refractivity contribution >= 4 is 17.7 Å². The van der Waals surface area contributed by atoms with E-state index in [1.54, 1.807) is 11.4 Å². The number of halogens is 1. The fraction of sp³-hybridized carbons (Fsp3) is 0.483. The number of hydrogen-bond donors (Lipinski definition) is 1. The number of rotatable bonds is 6. The highest BCUT2D eigenvalue weighted by Gasteiger charge is 2.40. The lowest BCUT2D eigenvalue weighted by atomic mass is 9.98. The van der Waals surface area contributed by atoms with Crippen molar-refractivity contribution in [1.82, 2.24) is 15.1 Å². The Balaban J connectivity index is 1.37. The molecule has 5 rings (SSSR count). The molecule has 3 heterocycles. The predicted molar refractivity (Wildman–Crippen MR) is 138 cm³/mol. The average Bonchev–Trinajstić information content (AvgIpc) is 3.17. The topological polar surface area (TPSA) is 88.2 Å². The molecule has 3 aliphatic rings. The van der Waals surface area contributed by atoms with Gasteiger partial charge in [0.2, 0.25) is 11.8 Å². The molecule has 1 unspecified atom stereocenters. The molecule has 202 valence electrons. The van der Waals surface area contributed by atoms with Gasteiger partial charge in [-0.15, -0.1) is 0 Å². The number of carbonyl (C=O) groups excluding carboxylic acids is 3. The summed E-state index contributed by atoms with van der Waals surface area (Å²) in [6.45, 7) is 6.50. The van der Waals surface area contributed by atoms with Crippen LogP contribution in [0.15, 0.2) is 36.4 Å². The molecule has 0 radical (unpaired) electrons. The molecule has 0 aromatic heterocycles. The maximum Gasteiger partial charge on any atom is 0.255 e. The van der Waals surface area contributed by atoms with Crippen LogP contribution in [0.3, 0.4) is 0 Å². The van der Waals surface area contributed by atoms with Crippen molar-refractivity contribution in [2.75, 3.05) is 13.1 Å². The van der Waals surface area contributed by atoms with Crippen molar-refractivity contribution in [1.29, 1.82) is 0 Å². The lowest BCUT2D eigenvalue weighted by molar-refractivity contribution is -0.182. The van der Waals surface area contributed by atoms with E-state index in [2.05, 4.69) is 4.90 Å². The van der Waals surface area contributed by atoms with E-state index in [0.29, 0.717) is 25.2 Å². The lowest BCUT2D eigenvalue weighted by Gasteiger charge is -2.47. The monoisotopic (exact) mass is 529 g/mol. The largest absolute Gasteiger partial charge is 0.488 e. The number of ether oxygens (including phenoxy) is 2. The van der Waals surface area contributed by atoms with Gasteiger partial charge in [0.15, 0.2) is 0 Å². The second-order valence-electron chi connectivity index (χ2n) is 11.0. The van der Waals surface area contributed by atoms with Gasteiger partial charge in [0.05, 0.1) is 20.5 Å². The van der Waals surface area contributed by atoms with Crippen LogP contribution >= 0.6 is 0 Å². The molecule has 2 aromatic carbocycles. The van der Waals surface area contributed by atoms with E-state index in [9.17, 15) is 14.4 Å². The van der Waals surface area contributed by atoms with E-state index in [0.717, 1.165) is 4.90 Å². The summed E-state index contributed by atoms with van der Waals surface area (Å²) in [5.41, 5.74) is -0.451. The van der Waals surface area contributed by atoms with Crippen molar-refractivity contribution in [3.8, 4) is 5.75 Å². The van der Waals surface area contributed by atoms with Crippen LogP contribution in [-0.2, 0) is 34.0 Å². The number of piperidine rings is 1. The zero-order valence-corrected chi connectivity index (χ0v) is 21.7.